The fourth-order valence-corrected chi connectivity index (χ4v) is 3.02. The Kier molecular flexibility index (Phi) is 8.21. The molecule has 0 aromatic heterocycles. The Balaban J connectivity index is 2.35. The van der Waals surface area contributed by atoms with E-state index in [1.807, 2.05) is 58.9 Å². The van der Waals surface area contributed by atoms with E-state index in [0.29, 0.717) is 0 Å². The van der Waals surface area contributed by atoms with Gasteiger partial charge in [0.1, 0.15) is 5.60 Å². The quantitative estimate of drug-likeness (QED) is 0.348. The molecular weight excluding hydrogens is 338 g/mol. The van der Waals surface area contributed by atoms with Crippen molar-refractivity contribution in [2.75, 3.05) is 11.5 Å². The molecule has 0 heterocycles. The molecule has 1 rings (SSSR count). The topological polar surface area (TPSA) is 52.3 Å². The number of ether oxygens (including phenoxy) is 1. The van der Waals surface area contributed by atoms with Gasteiger partial charge in [0.25, 0.3) is 0 Å². The molecule has 5 heteroatoms. The number of carbonyl (C=O) groups is 1. The Morgan fingerprint density at radius 1 is 1.17 bits per heavy atom. The van der Waals surface area contributed by atoms with E-state index in [9.17, 15) is 4.79 Å². The molecule has 1 aromatic carbocycles. The molecule has 132 valence electrons. The number of hydrogen-bond donors (Lipinski definition) is 1. The minimum Gasteiger partial charge on any atom is -0.460 e. The number of nitrogens with two attached hydrogens (primary N) is 1. The first kappa shape index (κ1) is 21.0. The molecule has 24 heavy (non-hydrogen) atoms. The zero-order chi connectivity index (χ0) is 18.2. The number of esters is 1. The Morgan fingerprint density at radius 2 is 1.79 bits per heavy atom. The predicted molar refractivity (Wildman–Crippen MR) is 105 cm³/mol. The first-order valence-electron chi connectivity index (χ1n) is 7.91. The van der Waals surface area contributed by atoms with Crippen LogP contribution < -0.4 is 5.14 Å². The van der Waals surface area contributed by atoms with Crippen LogP contribution in [-0.4, -0.2) is 23.1 Å². The van der Waals surface area contributed by atoms with Crippen LogP contribution in [0.2, 0.25) is 0 Å². The average Bonchev–Trinajstić information content (AvgIpc) is 2.49. The minimum atomic E-state index is -0.485. The molecule has 0 radical (unpaired) electrons. The van der Waals surface area contributed by atoms with Crippen molar-refractivity contribution in [3.05, 3.63) is 29.8 Å². The van der Waals surface area contributed by atoms with Crippen molar-refractivity contribution in [3.63, 3.8) is 0 Å². The third-order valence-corrected chi connectivity index (χ3v) is 4.97. The summed E-state index contributed by atoms with van der Waals surface area (Å²) in [6, 6.07) is 7.88. The van der Waals surface area contributed by atoms with Gasteiger partial charge < -0.3 is 4.74 Å². The maximum Gasteiger partial charge on any atom is 0.312 e. The number of rotatable bonds is 6. The van der Waals surface area contributed by atoms with Gasteiger partial charge in [-0.25, -0.2) is 0 Å². The number of hydrogen-bond acceptors (Lipinski definition) is 5. The first-order valence-corrected chi connectivity index (χ1v) is 9.94. The maximum absolute atomic E-state index is 12.2. The molecule has 0 unspecified atom stereocenters. The summed E-state index contributed by atoms with van der Waals surface area (Å²) in [4.78, 5) is 13.2. The summed E-state index contributed by atoms with van der Waals surface area (Å²) in [5.41, 5.74) is 0.0655. The summed E-state index contributed by atoms with van der Waals surface area (Å²) in [6.45, 7) is 9.53. The molecular formula is C19H27NO2S2. The van der Waals surface area contributed by atoms with Gasteiger partial charge >= 0.3 is 5.97 Å². The lowest BCUT2D eigenvalue weighted by atomic mass is 9.96. The zero-order valence-corrected chi connectivity index (χ0v) is 16.8. The second kappa shape index (κ2) is 9.41. The molecule has 0 saturated carbocycles. The second-order valence-electron chi connectivity index (χ2n) is 7.13. The molecule has 0 aliphatic carbocycles. The van der Waals surface area contributed by atoms with Gasteiger partial charge in [0.05, 0.1) is 5.41 Å². The fourth-order valence-electron chi connectivity index (χ4n) is 1.71. The molecule has 0 fully saturated rings. The van der Waals surface area contributed by atoms with Crippen LogP contribution in [-0.2, 0) is 9.53 Å². The summed E-state index contributed by atoms with van der Waals surface area (Å²) in [7, 11) is 0. The smallest absolute Gasteiger partial charge is 0.312 e. The van der Waals surface area contributed by atoms with E-state index in [0.717, 1.165) is 28.4 Å². The van der Waals surface area contributed by atoms with E-state index < -0.39 is 11.0 Å². The molecule has 3 nitrogen and oxygen atoms in total. The summed E-state index contributed by atoms with van der Waals surface area (Å²) in [5.74, 6) is 7.79. The fraction of sp³-hybridized carbons (Fsp3) is 0.526. The Hall–Kier alpha value is -1.09. The highest BCUT2D eigenvalue weighted by atomic mass is 32.2. The third-order valence-electron chi connectivity index (χ3n) is 3.01. The number of benzene rings is 1. The molecule has 0 atom stereocenters. The second-order valence-corrected chi connectivity index (χ2v) is 8.94. The van der Waals surface area contributed by atoms with Crippen molar-refractivity contribution in [2.45, 2.75) is 51.5 Å². The SMILES string of the molecule is CC(C)(C)OC(=O)C(C)(C)CSCCC#Cc1ccc(SN)cc1. The largest absolute Gasteiger partial charge is 0.460 e. The zero-order valence-electron chi connectivity index (χ0n) is 15.1. The molecule has 0 saturated heterocycles. The highest BCUT2D eigenvalue weighted by Gasteiger charge is 2.32. The van der Waals surface area contributed by atoms with E-state index in [1.165, 1.54) is 11.9 Å². The molecule has 0 aliphatic heterocycles. The summed E-state index contributed by atoms with van der Waals surface area (Å²) in [6.07, 6.45) is 0.794. The monoisotopic (exact) mass is 365 g/mol. The molecule has 2 N–H and O–H groups in total. The van der Waals surface area contributed by atoms with Crippen LogP contribution in [0, 0.1) is 17.3 Å². The third kappa shape index (κ3) is 8.14. The number of thioether (sulfide) groups is 1. The number of carbonyl (C=O) groups excluding carboxylic acids is 1. The first-order chi connectivity index (χ1) is 11.1. The van der Waals surface area contributed by atoms with Crippen LogP contribution in [0.5, 0.6) is 0 Å². The van der Waals surface area contributed by atoms with Gasteiger partial charge in [-0.2, -0.15) is 11.8 Å². The lowest BCUT2D eigenvalue weighted by molar-refractivity contribution is -0.164. The van der Waals surface area contributed by atoms with Crippen LogP contribution in [0.15, 0.2) is 29.2 Å². The van der Waals surface area contributed by atoms with Gasteiger partial charge in [-0.15, -0.1) is 0 Å². The highest BCUT2D eigenvalue weighted by molar-refractivity contribution is 7.99. The standard InChI is InChI=1S/C19H27NO2S2/c1-18(2,3)22-17(21)19(4,5)14-23-13-7-6-8-15-9-11-16(24-20)12-10-15/h9-12H,7,13-14,20H2,1-5H3. The van der Waals surface area contributed by atoms with Gasteiger partial charge in [0.15, 0.2) is 0 Å². The summed E-state index contributed by atoms with van der Waals surface area (Å²) < 4.78 is 5.47. The molecule has 0 bridgehead atoms. The Labute approximate surface area is 154 Å². The van der Waals surface area contributed by atoms with Crippen molar-refractivity contribution in [3.8, 4) is 11.8 Å². The van der Waals surface area contributed by atoms with E-state index in [1.54, 1.807) is 11.8 Å². The lowest BCUT2D eigenvalue weighted by Gasteiger charge is -2.28. The van der Waals surface area contributed by atoms with Crippen molar-refractivity contribution < 1.29 is 9.53 Å². The van der Waals surface area contributed by atoms with Gasteiger partial charge in [-0.3, -0.25) is 9.93 Å². The van der Waals surface area contributed by atoms with Gasteiger partial charge in [0, 0.05) is 28.4 Å². The minimum absolute atomic E-state index is 0.147. The van der Waals surface area contributed by atoms with Crippen LogP contribution in [0.25, 0.3) is 0 Å². The van der Waals surface area contributed by atoms with Crippen LogP contribution in [0.1, 0.15) is 46.6 Å². The molecule has 0 amide bonds. The van der Waals surface area contributed by atoms with E-state index >= 15 is 0 Å². The molecule has 1 aromatic rings. The van der Waals surface area contributed by atoms with Crippen LogP contribution >= 0.6 is 23.7 Å². The highest BCUT2D eigenvalue weighted by Crippen LogP contribution is 2.26. The Morgan fingerprint density at radius 3 is 2.33 bits per heavy atom. The van der Waals surface area contributed by atoms with E-state index in [2.05, 4.69) is 11.8 Å². The van der Waals surface area contributed by atoms with Crippen molar-refractivity contribution in [1.82, 2.24) is 0 Å². The van der Waals surface area contributed by atoms with Crippen molar-refractivity contribution in [1.29, 1.82) is 0 Å². The predicted octanol–water partition coefficient (Wildman–Crippen LogP) is 4.50. The maximum atomic E-state index is 12.2. The van der Waals surface area contributed by atoms with Gasteiger partial charge in [-0.05, 0) is 70.8 Å². The normalized spacial score (nSPS) is 11.6. The van der Waals surface area contributed by atoms with Crippen molar-refractivity contribution >= 4 is 29.7 Å². The van der Waals surface area contributed by atoms with E-state index in [4.69, 9.17) is 9.88 Å². The van der Waals surface area contributed by atoms with Gasteiger partial charge in [-0.1, -0.05) is 11.8 Å². The lowest BCUT2D eigenvalue weighted by Crippen LogP contribution is -2.35. The van der Waals surface area contributed by atoms with Crippen molar-refractivity contribution in [2.24, 2.45) is 10.6 Å². The Bertz CT molecular complexity index is 593. The average molecular weight is 366 g/mol. The van der Waals surface area contributed by atoms with Crippen LogP contribution in [0.4, 0.5) is 0 Å². The summed E-state index contributed by atoms with van der Waals surface area (Å²) in [5, 5.41) is 5.49. The summed E-state index contributed by atoms with van der Waals surface area (Å²) >= 11 is 2.96. The molecule has 0 spiro atoms. The molecule has 0 aliphatic rings. The van der Waals surface area contributed by atoms with E-state index in [-0.39, 0.29) is 5.97 Å². The van der Waals surface area contributed by atoms with Gasteiger partial charge in [0.2, 0.25) is 0 Å². The van der Waals surface area contributed by atoms with Crippen LogP contribution in [0.3, 0.4) is 0 Å².